The molecule has 2 aromatic carbocycles. The minimum atomic E-state index is -0.924. The number of unbranched alkanes of at least 4 members (excludes halogenated alkanes) is 1. The van der Waals surface area contributed by atoms with Crippen LogP contribution in [0.2, 0.25) is 0 Å². The van der Waals surface area contributed by atoms with Crippen molar-refractivity contribution in [3.8, 4) is 11.1 Å². The molecule has 2 amide bonds. The molecule has 1 aromatic heterocycles. The quantitative estimate of drug-likeness (QED) is 0.394. The minimum absolute atomic E-state index is 0.00909. The van der Waals surface area contributed by atoms with Crippen molar-refractivity contribution in [2.75, 3.05) is 32.7 Å². The van der Waals surface area contributed by atoms with Crippen molar-refractivity contribution in [1.82, 2.24) is 19.6 Å². The minimum Gasteiger partial charge on any atom is -0.339 e. The Morgan fingerprint density at radius 1 is 1.00 bits per heavy atom. The van der Waals surface area contributed by atoms with E-state index in [1.807, 2.05) is 12.3 Å². The molecule has 1 aliphatic rings. The second-order valence-corrected chi connectivity index (χ2v) is 8.54. The molecule has 0 radical (unpaired) electrons. The molecule has 2 N–H and O–H groups in total. The number of carbonyl (C=O) groups excluding carboxylic acids is 2. The zero-order chi connectivity index (χ0) is 24.9. The Hall–Kier alpha value is -3.66. The van der Waals surface area contributed by atoms with Gasteiger partial charge in [-0.3, -0.25) is 14.6 Å². The van der Waals surface area contributed by atoms with Crippen LogP contribution in [0.25, 0.3) is 22.0 Å². The normalized spacial score (nSPS) is 13.9. The van der Waals surface area contributed by atoms with Crippen LogP contribution in [0, 0.1) is 11.6 Å². The van der Waals surface area contributed by atoms with Gasteiger partial charge in [0.25, 0.3) is 5.91 Å². The van der Waals surface area contributed by atoms with Crippen LogP contribution in [0.3, 0.4) is 0 Å². The number of hydrogen-bond donors (Lipinski definition) is 1. The van der Waals surface area contributed by atoms with Gasteiger partial charge in [-0.2, -0.15) is 5.10 Å². The number of aliphatic imine (C=N–C) groups is 1. The molecule has 35 heavy (non-hydrogen) atoms. The number of fused-ring (bicyclic) bond motifs is 1. The summed E-state index contributed by atoms with van der Waals surface area (Å²) in [5.74, 6) is -2.55. The van der Waals surface area contributed by atoms with Crippen LogP contribution >= 0.6 is 0 Å². The number of carbonyl (C=O) groups is 2. The first-order valence-electron chi connectivity index (χ1n) is 11.6. The lowest BCUT2D eigenvalue weighted by atomic mass is 10.0. The van der Waals surface area contributed by atoms with Crippen molar-refractivity contribution in [2.45, 2.75) is 25.9 Å². The predicted octanol–water partition coefficient (Wildman–Crippen LogP) is 3.05. The lowest BCUT2D eigenvalue weighted by molar-refractivity contribution is -0.132. The van der Waals surface area contributed by atoms with E-state index in [4.69, 9.17) is 5.73 Å². The van der Waals surface area contributed by atoms with Crippen molar-refractivity contribution >= 4 is 29.4 Å². The fraction of sp³-hybridized carbons (Fsp3) is 0.360. The highest BCUT2D eigenvalue weighted by atomic mass is 19.1. The molecule has 0 aliphatic carbocycles. The third-order valence-corrected chi connectivity index (χ3v) is 6.15. The number of rotatable bonds is 8. The molecule has 0 saturated carbocycles. The highest BCUT2D eigenvalue weighted by molar-refractivity contribution is 5.96. The van der Waals surface area contributed by atoms with E-state index in [-0.39, 0.29) is 19.0 Å². The number of hydrogen-bond acceptors (Lipinski definition) is 5. The summed E-state index contributed by atoms with van der Waals surface area (Å²) in [4.78, 5) is 32.0. The molecule has 0 unspecified atom stereocenters. The number of nitrogens with two attached hydrogens (primary N) is 1. The third kappa shape index (κ3) is 5.37. The molecule has 8 nitrogen and oxygen atoms in total. The lowest BCUT2D eigenvalue weighted by Crippen LogP contribution is -2.50. The number of piperazine rings is 1. The van der Waals surface area contributed by atoms with Crippen molar-refractivity contribution in [2.24, 2.45) is 10.7 Å². The summed E-state index contributed by atoms with van der Waals surface area (Å²) < 4.78 is 31.6. The zero-order valence-electron chi connectivity index (χ0n) is 19.4. The summed E-state index contributed by atoms with van der Waals surface area (Å²) in [6.07, 6.45) is 3.72. The van der Waals surface area contributed by atoms with E-state index in [0.717, 1.165) is 30.4 Å². The monoisotopic (exact) mass is 482 g/mol. The summed E-state index contributed by atoms with van der Waals surface area (Å²) in [5, 5.41) is 5.24. The molecule has 1 saturated heterocycles. The van der Waals surface area contributed by atoms with Gasteiger partial charge in [0.2, 0.25) is 5.91 Å². The van der Waals surface area contributed by atoms with E-state index in [9.17, 15) is 18.4 Å². The molecular formula is C25H28F2N6O2. The van der Waals surface area contributed by atoms with Gasteiger partial charge in [-0.1, -0.05) is 12.1 Å². The summed E-state index contributed by atoms with van der Waals surface area (Å²) in [6.45, 7) is 5.41. The molecule has 2 heterocycles. The van der Waals surface area contributed by atoms with Crippen molar-refractivity contribution in [3.63, 3.8) is 0 Å². The molecule has 10 heteroatoms. The summed E-state index contributed by atoms with van der Waals surface area (Å²) in [6, 6.07) is 7.61. The maximum absolute atomic E-state index is 15.0. The molecule has 1 aliphatic heterocycles. The first-order valence-corrected chi connectivity index (χ1v) is 11.6. The molecule has 1 fully saturated rings. The molecule has 0 atom stereocenters. The first-order chi connectivity index (χ1) is 16.9. The highest BCUT2D eigenvalue weighted by Crippen LogP contribution is 2.28. The standard InChI is InChI=1S/C25H28F2N6O2/c1-29-16-33-15-18-6-5-17(14-22(18)30-33)19-12-20(26)24(21(27)13-19)25(35)32-10-8-31(9-11-32)23(34)4-2-3-7-28/h5-6,12-15H,1-4,7-11,16,28H2. The van der Waals surface area contributed by atoms with E-state index in [1.54, 1.807) is 21.7 Å². The van der Waals surface area contributed by atoms with Crippen molar-refractivity contribution in [3.05, 3.63) is 53.7 Å². The fourth-order valence-electron chi connectivity index (χ4n) is 4.26. The number of halogens is 2. The molecule has 0 spiro atoms. The smallest absolute Gasteiger partial charge is 0.259 e. The van der Waals surface area contributed by atoms with Crippen LogP contribution in [0.4, 0.5) is 8.78 Å². The predicted molar refractivity (Wildman–Crippen MR) is 130 cm³/mol. The van der Waals surface area contributed by atoms with Crippen LogP contribution in [0.5, 0.6) is 0 Å². The van der Waals surface area contributed by atoms with E-state index in [0.29, 0.717) is 49.4 Å². The van der Waals surface area contributed by atoms with Crippen LogP contribution in [-0.2, 0) is 11.5 Å². The Labute approximate surface area is 202 Å². The van der Waals surface area contributed by atoms with Crippen LogP contribution < -0.4 is 5.73 Å². The summed E-state index contributed by atoms with van der Waals surface area (Å²) >= 11 is 0. The molecule has 3 aromatic rings. The number of aromatic nitrogens is 2. The van der Waals surface area contributed by atoms with Crippen LogP contribution in [-0.4, -0.2) is 70.8 Å². The van der Waals surface area contributed by atoms with Gasteiger partial charge < -0.3 is 15.5 Å². The lowest BCUT2D eigenvalue weighted by Gasteiger charge is -2.35. The van der Waals surface area contributed by atoms with Gasteiger partial charge in [-0.05, 0) is 55.4 Å². The Morgan fingerprint density at radius 3 is 2.34 bits per heavy atom. The summed E-state index contributed by atoms with van der Waals surface area (Å²) in [5.41, 5.74) is 6.42. The van der Waals surface area contributed by atoms with Gasteiger partial charge >= 0.3 is 0 Å². The number of nitrogens with zero attached hydrogens (tertiary/aromatic N) is 5. The Morgan fingerprint density at radius 2 is 1.69 bits per heavy atom. The average Bonchev–Trinajstić information content (AvgIpc) is 3.25. The van der Waals surface area contributed by atoms with Crippen molar-refractivity contribution < 1.29 is 18.4 Å². The Kier molecular flexibility index (Phi) is 7.50. The van der Waals surface area contributed by atoms with E-state index in [2.05, 4.69) is 16.8 Å². The maximum Gasteiger partial charge on any atom is 0.259 e. The number of benzene rings is 2. The molecule has 4 rings (SSSR count). The fourth-order valence-corrected chi connectivity index (χ4v) is 4.26. The topological polar surface area (TPSA) is 96.8 Å². The summed E-state index contributed by atoms with van der Waals surface area (Å²) in [7, 11) is 0. The van der Waals surface area contributed by atoms with Crippen LogP contribution in [0.15, 0.2) is 41.5 Å². The van der Waals surface area contributed by atoms with E-state index in [1.165, 1.54) is 4.90 Å². The SMILES string of the molecule is C=NCn1cc2ccc(-c3cc(F)c(C(=O)N4CCN(C(=O)CCCCN)CC4)c(F)c3)cc2n1. The molecule has 0 bridgehead atoms. The van der Waals surface area contributed by atoms with Gasteiger partial charge in [-0.25, -0.2) is 13.5 Å². The molecular weight excluding hydrogens is 454 g/mol. The second-order valence-electron chi connectivity index (χ2n) is 8.54. The van der Waals surface area contributed by atoms with Crippen molar-refractivity contribution in [1.29, 1.82) is 0 Å². The van der Waals surface area contributed by atoms with Gasteiger partial charge in [-0.15, -0.1) is 0 Å². The maximum atomic E-state index is 15.0. The van der Waals surface area contributed by atoms with Gasteiger partial charge in [0.05, 0.1) is 5.52 Å². The van der Waals surface area contributed by atoms with Crippen LogP contribution in [0.1, 0.15) is 29.6 Å². The van der Waals surface area contributed by atoms with E-state index < -0.39 is 23.1 Å². The van der Waals surface area contributed by atoms with E-state index >= 15 is 0 Å². The zero-order valence-corrected chi connectivity index (χ0v) is 19.4. The third-order valence-electron chi connectivity index (χ3n) is 6.15. The Bertz CT molecular complexity index is 1230. The van der Waals surface area contributed by atoms with Gasteiger partial charge in [0.15, 0.2) is 0 Å². The largest absolute Gasteiger partial charge is 0.339 e. The number of amides is 2. The Balaban J connectivity index is 1.47. The second kappa shape index (κ2) is 10.7. The van der Waals surface area contributed by atoms with Gasteiger partial charge in [0.1, 0.15) is 23.9 Å². The first kappa shape index (κ1) is 24.5. The average molecular weight is 483 g/mol. The molecule has 184 valence electrons. The highest BCUT2D eigenvalue weighted by Gasteiger charge is 2.28. The van der Waals surface area contributed by atoms with Gasteiger partial charge in [0, 0.05) is 44.2 Å².